The van der Waals surface area contributed by atoms with Crippen LogP contribution in [0.2, 0.25) is 0 Å². The third-order valence-corrected chi connectivity index (χ3v) is 8.85. The van der Waals surface area contributed by atoms with Crippen LogP contribution in [0, 0.1) is 19.7 Å². The van der Waals surface area contributed by atoms with E-state index in [0.717, 1.165) is 27.3 Å². The lowest BCUT2D eigenvalue weighted by atomic mass is 9.96. The fraction of sp³-hybridized carbons (Fsp3) is 0.154. The zero-order chi connectivity index (χ0) is 25.4. The summed E-state index contributed by atoms with van der Waals surface area (Å²) in [6, 6.07) is 14.9. The van der Waals surface area contributed by atoms with Crippen LogP contribution in [0.3, 0.4) is 0 Å². The van der Waals surface area contributed by atoms with Gasteiger partial charge in [0.25, 0.3) is 5.78 Å². The molecule has 5 rings (SSSR count). The zero-order valence-electron chi connectivity index (χ0n) is 19.3. The third-order valence-electron chi connectivity index (χ3n) is 5.82. The molecule has 1 atom stereocenters. The molecule has 0 saturated carbocycles. The van der Waals surface area contributed by atoms with Crippen LogP contribution in [0.25, 0.3) is 5.76 Å². The second-order valence-corrected chi connectivity index (χ2v) is 11.4. The minimum atomic E-state index is -0.831. The van der Waals surface area contributed by atoms with Crippen LogP contribution < -0.4 is 4.90 Å². The lowest BCUT2D eigenvalue weighted by Crippen LogP contribution is -2.29. The highest BCUT2D eigenvalue weighted by Gasteiger charge is 2.49. The average molecular weight is 538 g/mol. The molecule has 0 radical (unpaired) electrons. The number of aliphatic hydroxyl groups is 1. The Balaban J connectivity index is 1.53. The highest BCUT2D eigenvalue weighted by molar-refractivity contribution is 8.00. The van der Waals surface area contributed by atoms with Gasteiger partial charge in [0.05, 0.1) is 5.57 Å². The number of carbonyl (C=O) groups excluding carboxylic acids is 2. The van der Waals surface area contributed by atoms with Gasteiger partial charge in [-0.25, -0.2) is 4.39 Å². The molecule has 6 nitrogen and oxygen atoms in total. The first-order valence-electron chi connectivity index (χ1n) is 11.0. The number of hydrogen-bond donors (Lipinski definition) is 1. The summed E-state index contributed by atoms with van der Waals surface area (Å²) in [5.41, 5.74) is 2.77. The van der Waals surface area contributed by atoms with E-state index in [0.29, 0.717) is 21.2 Å². The lowest BCUT2D eigenvalue weighted by Gasteiger charge is -2.21. The monoisotopic (exact) mass is 537 g/mol. The van der Waals surface area contributed by atoms with Gasteiger partial charge in [0.2, 0.25) is 5.13 Å². The van der Waals surface area contributed by atoms with E-state index in [9.17, 15) is 19.1 Å². The number of hydrogen-bond acceptors (Lipinski definition) is 8. The molecule has 0 aliphatic carbocycles. The number of amides is 1. The molecule has 10 heteroatoms. The Labute approximate surface area is 219 Å². The Morgan fingerprint density at radius 3 is 2.67 bits per heavy atom. The van der Waals surface area contributed by atoms with Gasteiger partial charge in [-0.2, -0.15) is 0 Å². The van der Waals surface area contributed by atoms with Crippen molar-refractivity contribution in [1.29, 1.82) is 0 Å². The fourth-order valence-corrected chi connectivity index (χ4v) is 6.67. The number of thiophene rings is 1. The van der Waals surface area contributed by atoms with E-state index in [4.69, 9.17) is 0 Å². The van der Waals surface area contributed by atoms with Gasteiger partial charge < -0.3 is 5.11 Å². The summed E-state index contributed by atoms with van der Waals surface area (Å²) in [7, 11) is 0. The predicted molar refractivity (Wildman–Crippen MR) is 141 cm³/mol. The molecule has 1 N–H and O–H groups in total. The maximum Gasteiger partial charge on any atom is 0.301 e. The Kier molecular flexibility index (Phi) is 6.74. The van der Waals surface area contributed by atoms with Crippen molar-refractivity contribution in [2.24, 2.45) is 0 Å². The number of anilines is 1. The van der Waals surface area contributed by atoms with Gasteiger partial charge in [0.15, 0.2) is 4.34 Å². The summed E-state index contributed by atoms with van der Waals surface area (Å²) < 4.78 is 14.5. The van der Waals surface area contributed by atoms with Crippen molar-refractivity contribution in [2.75, 3.05) is 4.90 Å². The van der Waals surface area contributed by atoms with E-state index < -0.39 is 17.7 Å². The van der Waals surface area contributed by atoms with E-state index in [-0.39, 0.29) is 22.3 Å². The molecule has 1 unspecified atom stereocenters. The van der Waals surface area contributed by atoms with Crippen LogP contribution in [0.15, 0.2) is 69.9 Å². The number of benzene rings is 2. The largest absolute Gasteiger partial charge is 0.507 e. The Hall–Kier alpha value is -3.34. The number of aryl methyl sites for hydroxylation is 2. The summed E-state index contributed by atoms with van der Waals surface area (Å²) in [6.07, 6.45) is 0. The number of halogens is 1. The molecule has 2 aromatic heterocycles. The molecule has 1 aliphatic rings. The molecule has 0 spiro atoms. The molecule has 1 amide bonds. The summed E-state index contributed by atoms with van der Waals surface area (Å²) in [5, 5.41) is 21.7. The predicted octanol–water partition coefficient (Wildman–Crippen LogP) is 6.27. The van der Waals surface area contributed by atoms with Crippen LogP contribution in [0.1, 0.15) is 33.2 Å². The van der Waals surface area contributed by atoms with Crippen LogP contribution in [-0.4, -0.2) is 27.0 Å². The summed E-state index contributed by atoms with van der Waals surface area (Å²) >= 11 is 3.83. The third kappa shape index (κ3) is 4.47. The molecule has 1 saturated heterocycles. The lowest BCUT2D eigenvalue weighted by molar-refractivity contribution is -0.132. The van der Waals surface area contributed by atoms with Crippen molar-refractivity contribution in [3.8, 4) is 0 Å². The number of Topliss-reactive ketones (excluding diaryl/α,β-unsaturated/α-hetero) is 1. The van der Waals surface area contributed by atoms with Crippen molar-refractivity contribution >= 4 is 57.0 Å². The van der Waals surface area contributed by atoms with Crippen molar-refractivity contribution in [3.05, 3.63) is 98.5 Å². The summed E-state index contributed by atoms with van der Waals surface area (Å²) in [6.45, 7) is 3.74. The molecule has 1 aliphatic heterocycles. The van der Waals surface area contributed by atoms with Crippen molar-refractivity contribution in [1.82, 2.24) is 10.2 Å². The normalized spacial score (nSPS) is 17.2. The maximum atomic E-state index is 14.0. The Bertz CT molecular complexity index is 1500. The molecule has 3 heterocycles. The van der Waals surface area contributed by atoms with Crippen LogP contribution >= 0.6 is 34.4 Å². The Morgan fingerprint density at radius 2 is 1.92 bits per heavy atom. The molecular formula is C26H20FN3O3S3. The number of rotatable bonds is 6. The minimum absolute atomic E-state index is 0.0203. The molecule has 182 valence electrons. The number of aromatic nitrogens is 2. The molecular weight excluding hydrogens is 518 g/mol. The highest BCUT2D eigenvalue weighted by atomic mass is 32.2. The SMILES string of the molecule is Cc1ccc(C)c(C(O)=C2C(=O)C(=O)N(c3nnc(SCc4ccccc4F)s3)C2c2cccs2)c1. The standard InChI is InChI=1S/C26H20FN3O3S3/c1-14-9-10-15(2)17(12-14)22(31)20-21(19-8-5-11-34-19)30(24(33)23(20)32)25-28-29-26(36-25)35-13-16-6-3-4-7-18(16)27/h3-12,21,31H,13H2,1-2H3. The van der Waals surface area contributed by atoms with E-state index in [1.54, 1.807) is 24.3 Å². The van der Waals surface area contributed by atoms with Gasteiger partial charge >= 0.3 is 5.91 Å². The number of ketones is 1. The van der Waals surface area contributed by atoms with E-state index in [1.165, 1.54) is 34.1 Å². The molecule has 4 aromatic rings. The first kappa shape index (κ1) is 24.4. The molecule has 1 fully saturated rings. The van der Waals surface area contributed by atoms with E-state index >= 15 is 0 Å². The van der Waals surface area contributed by atoms with E-state index in [1.807, 2.05) is 43.5 Å². The average Bonchev–Trinajstić information content (AvgIpc) is 3.61. The smallest absolute Gasteiger partial charge is 0.301 e. The van der Waals surface area contributed by atoms with Crippen LogP contribution in [-0.2, 0) is 15.3 Å². The maximum absolute atomic E-state index is 14.0. The van der Waals surface area contributed by atoms with Gasteiger partial charge in [-0.15, -0.1) is 21.5 Å². The second-order valence-electron chi connectivity index (χ2n) is 8.23. The number of carbonyl (C=O) groups is 2. The van der Waals surface area contributed by atoms with Crippen LogP contribution in [0.4, 0.5) is 9.52 Å². The molecule has 0 bridgehead atoms. The van der Waals surface area contributed by atoms with Crippen molar-refractivity contribution < 1.29 is 19.1 Å². The summed E-state index contributed by atoms with van der Waals surface area (Å²) in [4.78, 5) is 28.5. The minimum Gasteiger partial charge on any atom is -0.507 e. The second kappa shape index (κ2) is 9.96. The van der Waals surface area contributed by atoms with Gasteiger partial charge in [-0.3, -0.25) is 14.5 Å². The topological polar surface area (TPSA) is 83.4 Å². The van der Waals surface area contributed by atoms with Gasteiger partial charge in [0.1, 0.15) is 17.6 Å². The number of aliphatic hydroxyl groups excluding tert-OH is 1. The molecule has 36 heavy (non-hydrogen) atoms. The Morgan fingerprint density at radius 1 is 1.11 bits per heavy atom. The first-order valence-corrected chi connectivity index (χ1v) is 13.6. The highest BCUT2D eigenvalue weighted by Crippen LogP contribution is 2.45. The van der Waals surface area contributed by atoms with Gasteiger partial charge in [-0.05, 0) is 48.6 Å². The van der Waals surface area contributed by atoms with Crippen LogP contribution in [0.5, 0.6) is 0 Å². The summed E-state index contributed by atoms with van der Waals surface area (Å²) in [5.74, 6) is -1.72. The van der Waals surface area contributed by atoms with Crippen molar-refractivity contribution in [3.63, 3.8) is 0 Å². The van der Waals surface area contributed by atoms with Gasteiger partial charge in [-0.1, -0.05) is 65.1 Å². The number of thioether (sulfide) groups is 1. The quantitative estimate of drug-likeness (QED) is 0.103. The van der Waals surface area contributed by atoms with E-state index in [2.05, 4.69) is 10.2 Å². The fourth-order valence-electron chi connectivity index (χ4n) is 4.00. The number of nitrogens with zero attached hydrogens (tertiary/aromatic N) is 3. The van der Waals surface area contributed by atoms with Gasteiger partial charge in [0, 0.05) is 16.2 Å². The molecule has 2 aromatic carbocycles. The van der Waals surface area contributed by atoms with Crippen molar-refractivity contribution in [2.45, 2.75) is 30.0 Å². The zero-order valence-corrected chi connectivity index (χ0v) is 21.7. The first-order chi connectivity index (χ1) is 17.3.